The minimum atomic E-state index is -1.02. The highest BCUT2D eigenvalue weighted by Crippen LogP contribution is 2.35. The van der Waals surface area contributed by atoms with E-state index in [2.05, 4.69) is 0 Å². The van der Waals surface area contributed by atoms with Gasteiger partial charge in [0.05, 0.1) is 41.6 Å². The Hall–Kier alpha value is -2.62. The summed E-state index contributed by atoms with van der Waals surface area (Å²) in [6, 6.07) is 3.78. The molecular weight excluding hydrogens is 378 g/mol. The van der Waals surface area contributed by atoms with Gasteiger partial charge >= 0.3 is 17.9 Å². The van der Waals surface area contributed by atoms with Crippen LogP contribution in [0.2, 0.25) is 0 Å². The van der Waals surface area contributed by atoms with Crippen molar-refractivity contribution in [2.45, 2.75) is 37.3 Å². The zero-order chi connectivity index (χ0) is 20.4. The molecule has 0 aliphatic heterocycles. The molecule has 1 aromatic rings. The number of carbonyl (C=O) groups excluding carboxylic acids is 3. The van der Waals surface area contributed by atoms with Gasteiger partial charge in [-0.25, -0.2) is 4.79 Å². The smallest absolute Gasteiger partial charge is 0.338 e. The van der Waals surface area contributed by atoms with Crippen molar-refractivity contribution in [2.24, 2.45) is 0 Å². The third-order valence-corrected chi connectivity index (χ3v) is 4.39. The third-order valence-electron chi connectivity index (χ3n) is 3.14. The summed E-state index contributed by atoms with van der Waals surface area (Å²) < 4.78 is 14.6. The van der Waals surface area contributed by atoms with E-state index < -0.39 is 28.1 Å². The van der Waals surface area contributed by atoms with E-state index in [1.54, 1.807) is 20.8 Å². The number of hydrogen-bond acceptors (Lipinski definition) is 9. The predicted molar refractivity (Wildman–Crippen MR) is 96.6 cm³/mol. The molecular formula is C17H21NO8S. The maximum Gasteiger partial charge on any atom is 0.338 e. The fourth-order valence-corrected chi connectivity index (χ4v) is 3.13. The quantitative estimate of drug-likeness (QED) is 0.192. The molecule has 1 aromatic carbocycles. The van der Waals surface area contributed by atoms with Crippen LogP contribution in [0.15, 0.2) is 23.1 Å². The Balaban J connectivity index is 3.14. The van der Waals surface area contributed by atoms with E-state index in [9.17, 15) is 24.5 Å². The normalized spacial score (nSPS) is 11.4. The topological polar surface area (TPSA) is 122 Å². The summed E-state index contributed by atoms with van der Waals surface area (Å²) in [6.07, 6.45) is -0.297. The molecule has 0 unspecified atom stereocenters. The van der Waals surface area contributed by atoms with Crippen molar-refractivity contribution in [3.63, 3.8) is 0 Å². The van der Waals surface area contributed by atoms with Gasteiger partial charge in [0, 0.05) is 6.07 Å². The summed E-state index contributed by atoms with van der Waals surface area (Å²) in [7, 11) is 0. The molecule has 0 aliphatic carbocycles. The molecule has 0 aliphatic rings. The molecule has 0 heterocycles. The summed E-state index contributed by atoms with van der Waals surface area (Å²) >= 11 is 0.811. The fourth-order valence-electron chi connectivity index (χ4n) is 2.03. The summed E-state index contributed by atoms with van der Waals surface area (Å²) in [5.41, 5.74) is -0.352. The van der Waals surface area contributed by atoms with Crippen molar-refractivity contribution in [1.82, 2.24) is 0 Å². The molecule has 0 bridgehead atoms. The second-order valence-electron chi connectivity index (χ2n) is 5.03. The molecule has 0 aromatic heterocycles. The highest BCUT2D eigenvalue weighted by atomic mass is 32.2. The Morgan fingerprint density at radius 3 is 2.26 bits per heavy atom. The molecule has 148 valence electrons. The van der Waals surface area contributed by atoms with E-state index in [4.69, 9.17) is 14.2 Å². The predicted octanol–water partition coefficient (Wildman–Crippen LogP) is 2.75. The first-order valence-electron chi connectivity index (χ1n) is 8.28. The maximum atomic E-state index is 12.1. The highest BCUT2D eigenvalue weighted by molar-refractivity contribution is 8.00. The average molecular weight is 399 g/mol. The number of thioether (sulfide) groups is 1. The van der Waals surface area contributed by atoms with E-state index in [0.717, 1.165) is 17.8 Å². The minimum absolute atomic E-state index is 0.0194. The number of benzene rings is 1. The van der Waals surface area contributed by atoms with Crippen molar-refractivity contribution >= 4 is 35.4 Å². The molecule has 27 heavy (non-hydrogen) atoms. The molecule has 0 saturated carbocycles. The van der Waals surface area contributed by atoms with Crippen LogP contribution >= 0.6 is 11.8 Å². The van der Waals surface area contributed by atoms with Crippen LogP contribution in [0.25, 0.3) is 0 Å². The molecule has 0 amide bonds. The number of ether oxygens (including phenoxy) is 3. The number of esters is 3. The number of nitrogens with zero attached hydrogens (tertiary/aromatic N) is 1. The Morgan fingerprint density at radius 2 is 1.70 bits per heavy atom. The van der Waals surface area contributed by atoms with Gasteiger partial charge in [-0.3, -0.25) is 19.7 Å². The van der Waals surface area contributed by atoms with Gasteiger partial charge in [-0.05, 0) is 32.9 Å². The van der Waals surface area contributed by atoms with Crippen LogP contribution in [-0.4, -0.2) is 47.9 Å². The van der Waals surface area contributed by atoms with Gasteiger partial charge in [-0.2, -0.15) is 0 Å². The van der Waals surface area contributed by atoms with Crippen LogP contribution in [0.1, 0.15) is 37.6 Å². The SMILES string of the molecule is CCOC(=O)C[C@@H](Sc1ccc(C(=O)OCC)cc1[N+](=O)[O-])C(=O)OCC. The first kappa shape index (κ1) is 22.4. The number of hydrogen-bond donors (Lipinski definition) is 0. The monoisotopic (exact) mass is 399 g/mol. The number of rotatable bonds is 10. The minimum Gasteiger partial charge on any atom is -0.466 e. The first-order valence-corrected chi connectivity index (χ1v) is 9.16. The molecule has 0 fully saturated rings. The summed E-state index contributed by atoms with van der Waals surface area (Å²) in [4.78, 5) is 46.5. The fraction of sp³-hybridized carbons (Fsp3) is 0.471. The van der Waals surface area contributed by atoms with Crippen LogP contribution < -0.4 is 0 Å². The van der Waals surface area contributed by atoms with Gasteiger partial charge < -0.3 is 14.2 Å². The van der Waals surface area contributed by atoms with Gasteiger partial charge in [-0.1, -0.05) is 0 Å². The lowest BCUT2D eigenvalue weighted by molar-refractivity contribution is -0.387. The zero-order valence-corrected chi connectivity index (χ0v) is 16.1. The number of nitro benzene ring substituents is 1. The lowest BCUT2D eigenvalue weighted by atomic mass is 10.2. The summed E-state index contributed by atoms with van der Waals surface area (Å²) in [5, 5.41) is 10.4. The van der Waals surface area contributed by atoms with Crippen molar-refractivity contribution in [1.29, 1.82) is 0 Å². The van der Waals surface area contributed by atoms with Crippen molar-refractivity contribution in [3.8, 4) is 0 Å². The van der Waals surface area contributed by atoms with E-state index in [-0.39, 0.29) is 42.4 Å². The second-order valence-corrected chi connectivity index (χ2v) is 6.27. The third kappa shape index (κ3) is 6.89. The Bertz CT molecular complexity index is 706. The maximum absolute atomic E-state index is 12.1. The van der Waals surface area contributed by atoms with Crippen molar-refractivity contribution in [3.05, 3.63) is 33.9 Å². The molecule has 0 saturated heterocycles. The van der Waals surface area contributed by atoms with Crippen LogP contribution in [-0.2, 0) is 23.8 Å². The number of carbonyl (C=O) groups is 3. The lowest BCUT2D eigenvalue weighted by Crippen LogP contribution is -2.24. The van der Waals surface area contributed by atoms with Crippen LogP contribution in [0, 0.1) is 10.1 Å². The Morgan fingerprint density at radius 1 is 1.07 bits per heavy atom. The highest BCUT2D eigenvalue weighted by Gasteiger charge is 2.29. The average Bonchev–Trinajstić information content (AvgIpc) is 2.61. The molecule has 0 spiro atoms. The lowest BCUT2D eigenvalue weighted by Gasteiger charge is -2.15. The van der Waals surface area contributed by atoms with Gasteiger partial charge in [-0.15, -0.1) is 11.8 Å². The van der Waals surface area contributed by atoms with Crippen molar-refractivity contribution in [2.75, 3.05) is 19.8 Å². The summed E-state index contributed by atoms with van der Waals surface area (Å²) in [6.45, 7) is 5.24. The van der Waals surface area contributed by atoms with E-state index in [1.807, 2.05) is 0 Å². The zero-order valence-electron chi connectivity index (χ0n) is 15.3. The van der Waals surface area contributed by atoms with Gasteiger partial charge in [0.1, 0.15) is 5.25 Å². The first-order chi connectivity index (χ1) is 12.8. The number of nitro groups is 1. The van der Waals surface area contributed by atoms with Gasteiger partial charge in [0.25, 0.3) is 5.69 Å². The summed E-state index contributed by atoms with van der Waals surface area (Å²) in [5.74, 6) is -1.99. The molecule has 1 atom stereocenters. The van der Waals surface area contributed by atoms with Crippen LogP contribution in [0.5, 0.6) is 0 Å². The van der Waals surface area contributed by atoms with Crippen molar-refractivity contribution < 1.29 is 33.5 Å². The molecule has 10 heteroatoms. The Kier molecular flexibility index (Phi) is 9.27. The molecule has 0 N–H and O–H groups in total. The van der Waals surface area contributed by atoms with Gasteiger partial charge in [0.15, 0.2) is 0 Å². The Labute approximate surface area is 160 Å². The largest absolute Gasteiger partial charge is 0.466 e. The van der Waals surface area contributed by atoms with E-state index in [0.29, 0.717) is 0 Å². The molecule has 9 nitrogen and oxygen atoms in total. The second kappa shape index (κ2) is 11.2. The van der Waals surface area contributed by atoms with Crippen LogP contribution in [0.4, 0.5) is 5.69 Å². The van der Waals surface area contributed by atoms with Gasteiger partial charge in [0.2, 0.25) is 0 Å². The molecule has 1 rings (SSSR count). The van der Waals surface area contributed by atoms with Crippen LogP contribution in [0.3, 0.4) is 0 Å². The standard InChI is InChI=1S/C17H21NO8S/c1-4-24-15(19)10-14(17(21)26-6-3)27-13-8-7-11(16(20)25-5-2)9-12(13)18(22)23/h7-9,14H,4-6,10H2,1-3H3/t14-/m1/s1. The van der Waals surface area contributed by atoms with E-state index in [1.165, 1.54) is 12.1 Å². The van der Waals surface area contributed by atoms with E-state index >= 15 is 0 Å². The molecule has 0 radical (unpaired) electrons.